The minimum absolute atomic E-state index is 0.363. The van der Waals surface area contributed by atoms with Crippen molar-refractivity contribution in [3.8, 4) is 11.5 Å². The summed E-state index contributed by atoms with van der Waals surface area (Å²) in [4.78, 5) is 11.4. The van der Waals surface area contributed by atoms with Crippen molar-refractivity contribution in [3.63, 3.8) is 0 Å². The normalized spacial score (nSPS) is 18.3. The van der Waals surface area contributed by atoms with Gasteiger partial charge in [-0.1, -0.05) is 11.6 Å². The number of cyclic esters (lactones) is 1. The molecule has 6 heteroatoms. The molecular formula is C13H16ClNO4. The van der Waals surface area contributed by atoms with E-state index in [-0.39, 0.29) is 5.97 Å². The molecular weight excluding hydrogens is 270 g/mol. The summed E-state index contributed by atoms with van der Waals surface area (Å²) < 4.78 is 15.7. The summed E-state index contributed by atoms with van der Waals surface area (Å²) >= 11 is 6.19. The smallest absolute Gasteiger partial charge is 0.347 e. The van der Waals surface area contributed by atoms with Gasteiger partial charge in [-0.2, -0.15) is 0 Å². The number of hydrogen-bond donors (Lipinski definition) is 1. The van der Waals surface area contributed by atoms with Gasteiger partial charge in [-0.3, -0.25) is 0 Å². The van der Waals surface area contributed by atoms with E-state index in [1.165, 1.54) is 7.11 Å². The van der Waals surface area contributed by atoms with Gasteiger partial charge in [-0.25, -0.2) is 4.79 Å². The second kappa shape index (κ2) is 6.12. The summed E-state index contributed by atoms with van der Waals surface area (Å²) in [6, 6.07) is 3.62. The quantitative estimate of drug-likeness (QED) is 0.836. The summed E-state index contributed by atoms with van der Waals surface area (Å²) in [5, 5.41) is 3.45. The molecule has 1 saturated heterocycles. The van der Waals surface area contributed by atoms with Gasteiger partial charge in [0.15, 0.2) is 17.6 Å². The molecule has 1 fully saturated rings. The van der Waals surface area contributed by atoms with Crippen molar-refractivity contribution in [1.82, 2.24) is 5.32 Å². The zero-order chi connectivity index (χ0) is 13.8. The Morgan fingerprint density at radius 2 is 2.32 bits per heavy atom. The number of esters is 1. The van der Waals surface area contributed by atoms with Gasteiger partial charge in [-0.15, -0.1) is 0 Å². The first-order valence-electron chi connectivity index (χ1n) is 6.00. The molecule has 1 N–H and O–H groups in total. The van der Waals surface area contributed by atoms with E-state index in [4.69, 9.17) is 25.8 Å². The Hall–Kier alpha value is -1.46. The number of carbonyl (C=O) groups is 1. The van der Waals surface area contributed by atoms with E-state index < -0.39 is 6.10 Å². The molecule has 0 saturated carbocycles. The summed E-state index contributed by atoms with van der Waals surface area (Å²) in [6.07, 6.45) is -0.0853. The number of rotatable bonds is 5. The highest BCUT2D eigenvalue weighted by atomic mass is 35.5. The Balaban J connectivity index is 2.25. The van der Waals surface area contributed by atoms with Crippen LogP contribution in [0, 0.1) is 0 Å². The Bertz CT molecular complexity index is 478. The summed E-state index contributed by atoms with van der Waals surface area (Å²) in [5.41, 5.74) is 0.977. The molecule has 0 aliphatic carbocycles. The van der Waals surface area contributed by atoms with Crippen molar-refractivity contribution in [2.45, 2.75) is 19.1 Å². The SMILES string of the molecule is CNCc1cc(Cl)c(OC2CCOC2=O)c(OC)c1. The molecule has 0 amide bonds. The maximum atomic E-state index is 11.4. The minimum atomic E-state index is -0.610. The summed E-state index contributed by atoms with van der Waals surface area (Å²) in [5.74, 6) is 0.530. The lowest BCUT2D eigenvalue weighted by atomic mass is 10.2. The van der Waals surface area contributed by atoms with Crippen molar-refractivity contribution in [1.29, 1.82) is 0 Å². The Morgan fingerprint density at radius 1 is 1.53 bits per heavy atom. The molecule has 1 aliphatic heterocycles. The van der Waals surface area contributed by atoms with E-state index >= 15 is 0 Å². The van der Waals surface area contributed by atoms with Crippen LogP contribution in [-0.4, -0.2) is 32.8 Å². The van der Waals surface area contributed by atoms with E-state index in [2.05, 4.69) is 5.32 Å². The van der Waals surface area contributed by atoms with Crippen LogP contribution in [0.2, 0.25) is 5.02 Å². The van der Waals surface area contributed by atoms with Crippen LogP contribution in [0.1, 0.15) is 12.0 Å². The number of hydrogen-bond acceptors (Lipinski definition) is 5. The van der Waals surface area contributed by atoms with Gasteiger partial charge in [0.05, 0.1) is 18.7 Å². The monoisotopic (exact) mass is 285 g/mol. The molecule has 2 rings (SSSR count). The molecule has 0 aromatic heterocycles. The molecule has 1 atom stereocenters. The van der Waals surface area contributed by atoms with E-state index in [9.17, 15) is 4.79 Å². The molecule has 0 radical (unpaired) electrons. The fourth-order valence-corrected chi connectivity index (χ4v) is 2.20. The molecule has 1 aliphatic rings. The van der Waals surface area contributed by atoms with Gasteiger partial charge in [-0.05, 0) is 24.7 Å². The maximum absolute atomic E-state index is 11.4. The predicted molar refractivity (Wildman–Crippen MR) is 70.8 cm³/mol. The van der Waals surface area contributed by atoms with Crippen LogP contribution in [0.5, 0.6) is 11.5 Å². The highest BCUT2D eigenvalue weighted by molar-refractivity contribution is 6.32. The lowest BCUT2D eigenvalue weighted by Crippen LogP contribution is -2.22. The van der Waals surface area contributed by atoms with Crippen LogP contribution in [0.3, 0.4) is 0 Å². The largest absolute Gasteiger partial charge is 0.493 e. The molecule has 104 valence electrons. The Labute approximate surface area is 116 Å². The second-order valence-corrected chi connectivity index (χ2v) is 4.61. The van der Waals surface area contributed by atoms with Gasteiger partial charge < -0.3 is 19.5 Å². The van der Waals surface area contributed by atoms with Crippen molar-refractivity contribution in [3.05, 3.63) is 22.7 Å². The molecule has 1 aromatic carbocycles. The highest BCUT2D eigenvalue weighted by Gasteiger charge is 2.30. The fraction of sp³-hybridized carbons (Fsp3) is 0.462. The predicted octanol–water partition coefficient (Wildman–Crippen LogP) is 1.76. The van der Waals surface area contributed by atoms with Crippen LogP contribution in [-0.2, 0) is 16.1 Å². The van der Waals surface area contributed by atoms with E-state index in [1.807, 2.05) is 13.1 Å². The molecule has 1 aromatic rings. The highest BCUT2D eigenvalue weighted by Crippen LogP contribution is 2.37. The number of benzene rings is 1. The van der Waals surface area contributed by atoms with Crippen molar-refractivity contribution in [2.75, 3.05) is 20.8 Å². The summed E-state index contributed by atoms with van der Waals surface area (Å²) in [7, 11) is 3.38. The van der Waals surface area contributed by atoms with Crippen molar-refractivity contribution in [2.24, 2.45) is 0 Å². The van der Waals surface area contributed by atoms with Crippen LogP contribution in [0.4, 0.5) is 0 Å². The first kappa shape index (κ1) is 14.0. The lowest BCUT2D eigenvalue weighted by Gasteiger charge is -2.16. The molecule has 1 unspecified atom stereocenters. The van der Waals surface area contributed by atoms with Gasteiger partial charge in [0.1, 0.15) is 0 Å². The Morgan fingerprint density at radius 3 is 2.89 bits per heavy atom. The van der Waals surface area contributed by atoms with Gasteiger partial charge in [0, 0.05) is 13.0 Å². The van der Waals surface area contributed by atoms with Gasteiger partial charge in [0.25, 0.3) is 0 Å². The zero-order valence-electron chi connectivity index (χ0n) is 10.9. The van der Waals surface area contributed by atoms with E-state index in [0.29, 0.717) is 36.1 Å². The number of halogens is 1. The minimum Gasteiger partial charge on any atom is -0.493 e. The fourth-order valence-electron chi connectivity index (χ4n) is 1.92. The molecule has 5 nitrogen and oxygen atoms in total. The average molecular weight is 286 g/mol. The summed E-state index contributed by atoms with van der Waals surface area (Å²) in [6.45, 7) is 1.04. The number of methoxy groups -OCH3 is 1. The number of ether oxygens (including phenoxy) is 3. The van der Waals surface area contributed by atoms with Crippen LogP contribution >= 0.6 is 11.6 Å². The van der Waals surface area contributed by atoms with Gasteiger partial charge in [0.2, 0.25) is 0 Å². The molecule has 19 heavy (non-hydrogen) atoms. The second-order valence-electron chi connectivity index (χ2n) is 4.20. The number of carbonyl (C=O) groups excluding carboxylic acids is 1. The van der Waals surface area contributed by atoms with Crippen LogP contribution < -0.4 is 14.8 Å². The van der Waals surface area contributed by atoms with Crippen LogP contribution in [0.25, 0.3) is 0 Å². The third kappa shape index (κ3) is 3.11. The van der Waals surface area contributed by atoms with Crippen molar-refractivity contribution < 1.29 is 19.0 Å². The first-order valence-corrected chi connectivity index (χ1v) is 6.37. The maximum Gasteiger partial charge on any atom is 0.347 e. The molecule has 0 bridgehead atoms. The van der Waals surface area contributed by atoms with Crippen molar-refractivity contribution >= 4 is 17.6 Å². The topological polar surface area (TPSA) is 56.8 Å². The third-order valence-electron chi connectivity index (χ3n) is 2.82. The van der Waals surface area contributed by atoms with E-state index in [0.717, 1.165) is 5.56 Å². The molecule has 0 spiro atoms. The van der Waals surface area contributed by atoms with E-state index in [1.54, 1.807) is 6.07 Å². The average Bonchev–Trinajstić information content (AvgIpc) is 2.78. The van der Waals surface area contributed by atoms with Gasteiger partial charge >= 0.3 is 5.97 Å². The zero-order valence-corrected chi connectivity index (χ0v) is 11.6. The molecule has 1 heterocycles. The number of nitrogens with one attached hydrogen (secondary N) is 1. The van der Waals surface area contributed by atoms with Crippen LogP contribution in [0.15, 0.2) is 12.1 Å². The Kier molecular flexibility index (Phi) is 4.50. The standard InChI is InChI=1S/C13H16ClNO4/c1-15-7-8-5-9(14)12(11(6-8)17-2)19-10-3-4-18-13(10)16/h5-6,10,15H,3-4,7H2,1-2H3. The lowest BCUT2D eigenvalue weighted by molar-refractivity contribution is -0.143. The third-order valence-corrected chi connectivity index (χ3v) is 3.10. The first-order chi connectivity index (χ1) is 9.15.